The smallest absolute Gasteiger partial charge is 0.261 e. The van der Waals surface area contributed by atoms with Gasteiger partial charge in [-0.3, -0.25) is 38.9 Å². The fourth-order valence-corrected chi connectivity index (χ4v) is 10.00. The average Bonchev–Trinajstić information content (AvgIpc) is 3.23. The van der Waals surface area contributed by atoms with Gasteiger partial charge in [0.05, 0.1) is 11.1 Å². The lowest BCUT2D eigenvalue weighted by Crippen LogP contribution is -2.48. The Hall–Kier alpha value is -6.42. The molecule has 4 heterocycles. The molecule has 2 saturated carbocycles. The third-order valence-corrected chi connectivity index (χ3v) is 12.5. The van der Waals surface area contributed by atoms with Crippen LogP contribution in [0.1, 0.15) is 106 Å². The normalized spacial score (nSPS) is 17.9. The molecule has 2 aliphatic heterocycles. The molecular formula is C46H36N4O6. The number of hydrogen-bond acceptors (Lipinski definition) is 8. The maximum absolute atomic E-state index is 14.7. The zero-order valence-electron chi connectivity index (χ0n) is 30.5. The van der Waals surface area contributed by atoms with Gasteiger partial charge in [-0.15, -0.1) is 0 Å². The molecular weight excluding hydrogens is 705 g/mol. The first kappa shape index (κ1) is 33.0. The molecule has 0 unspecified atom stereocenters. The Balaban J connectivity index is 1.26. The largest absolute Gasteiger partial charge is 0.457 e. The first-order valence-electron chi connectivity index (χ1n) is 19.7. The summed E-state index contributed by atoms with van der Waals surface area (Å²) in [7, 11) is 0. The van der Waals surface area contributed by atoms with Crippen LogP contribution >= 0.6 is 0 Å². The molecule has 10 nitrogen and oxygen atoms in total. The number of aromatic nitrogens is 2. The van der Waals surface area contributed by atoms with E-state index >= 15 is 0 Å². The first-order chi connectivity index (χ1) is 27.5. The highest BCUT2D eigenvalue weighted by Gasteiger charge is 2.42. The van der Waals surface area contributed by atoms with E-state index in [4.69, 9.17) is 9.47 Å². The van der Waals surface area contributed by atoms with E-state index in [1.54, 1.807) is 61.2 Å². The number of fused-ring (bicyclic) bond motifs is 2. The molecule has 7 aromatic rings. The Kier molecular flexibility index (Phi) is 7.39. The maximum Gasteiger partial charge on any atom is 0.261 e. The fourth-order valence-electron chi connectivity index (χ4n) is 10.00. The average molecular weight is 741 g/mol. The van der Waals surface area contributed by atoms with E-state index in [9.17, 15) is 19.2 Å². The lowest BCUT2D eigenvalue weighted by Gasteiger charge is -2.37. The second kappa shape index (κ2) is 12.6. The van der Waals surface area contributed by atoms with Crippen molar-refractivity contribution in [1.29, 1.82) is 0 Å². The molecule has 0 spiro atoms. The van der Waals surface area contributed by atoms with Crippen molar-refractivity contribution in [3.63, 3.8) is 0 Å². The van der Waals surface area contributed by atoms with Crippen LogP contribution in [0.25, 0.3) is 43.1 Å². The van der Waals surface area contributed by atoms with Gasteiger partial charge in [0.1, 0.15) is 23.0 Å². The SMILES string of the molecule is O=C1c2ccc3c4c(Oc5ccncc5)cc5c6c(ccc(c7c(Oc8ccncc8)cc(c2c37)C(=O)N1C1CCCCC1)c64)C(=O)N(C1CCCCC1)C5=O. The number of carbonyl (C=O) groups is 4. The van der Waals surface area contributed by atoms with E-state index in [0.717, 1.165) is 64.2 Å². The summed E-state index contributed by atoms with van der Waals surface area (Å²) in [6, 6.07) is 17.7. The summed E-state index contributed by atoms with van der Waals surface area (Å²) in [5.41, 5.74) is 1.71. The second-order valence-electron chi connectivity index (χ2n) is 15.5. The van der Waals surface area contributed by atoms with Gasteiger partial charge in [-0.1, -0.05) is 50.7 Å². The van der Waals surface area contributed by atoms with Crippen LogP contribution in [0.2, 0.25) is 0 Å². The number of imide groups is 2. The topological polar surface area (TPSA) is 119 Å². The van der Waals surface area contributed by atoms with Crippen LogP contribution in [-0.4, -0.2) is 55.5 Å². The Bertz CT molecular complexity index is 2620. The van der Waals surface area contributed by atoms with E-state index < -0.39 is 0 Å². The summed E-state index contributed by atoms with van der Waals surface area (Å²) in [5.74, 6) is 0.630. The number of nitrogens with zero attached hydrogens (tertiary/aromatic N) is 4. The van der Waals surface area contributed by atoms with Crippen molar-refractivity contribution >= 4 is 66.7 Å². The molecule has 4 aliphatic rings. The molecule has 0 N–H and O–H groups in total. The van der Waals surface area contributed by atoms with Crippen molar-refractivity contribution in [2.75, 3.05) is 0 Å². The predicted octanol–water partition coefficient (Wildman–Crippen LogP) is 9.97. The molecule has 2 aliphatic carbocycles. The van der Waals surface area contributed by atoms with Gasteiger partial charge < -0.3 is 9.47 Å². The molecule has 56 heavy (non-hydrogen) atoms. The lowest BCUT2D eigenvalue weighted by molar-refractivity contribution is 0.0487. The summed E-state index contributed by atoms with van der Waals surface area (Å²) in [5, 5.41) is 5.25. The van der Waals surface area contributed by atoms with Crippen LogP contribution in [0.4, 0.5) is 0 Å². The minimum atomic E-state index is -0.332. The van der Waals surface area contributed by atoms with Crippen molar-refractivity contribution in [3.05, 3.63) is 108 Å². The standard InChI is InChI=1S/C46H36N4O6/c51-43-31-13-11-29-40-36(56-28-17-21-48-22-18-28)24-34-38-32(44(52)50(46(34)54)26-9-5-2-6-10-26)14-12-30(42(38)40)39-35(55-27-15-19-47-20-16-27)23-33(37(31)41(29)39)45(53)49(43)25-7-3-1-4-8-25/h11-26H,1-10H2. The summed E-state index contributed by atoms with van der Waals surface area (Å²) in [6.07, 6.45) is 15.7. The Labute approximate surface area is 321 Å². The third kappa shape index (κ3) is 4.74. The monoisotopic (exact) mass is 740 g/mol. The molecule has 276 valence electrons. The van der Waals surface area contributed by atoms with Gasteiger partial charge in [-0.05, 0) is 85.0 Å². The van der Waals surface area contributed by atoms with E-state index in [2.05, 4.69) is 9.97 Å². The molecule has 2 fully saturated rings. The van der Waals surface area contributed by atoms with Gasteiger partial charge in [0.15, 0.2) is 0 Å². The van der Waals surface area contributed by atoms with Gasteiger partial charge in [-0.2, -0.15) is 0 Å². The van der Waals surface area contributed by atoms with E-state index in [1.807, 2.05) is 24.3 Å². The molecule has 0 radical (unpaired) electrons. The Morgan fingerprint density at radius 1 is 0.429 bits per heavy atom. The minimum absolute atomic E-state index is 0.177. The van der Waals surface area contributed by atoms with Crippen LogP contribution in [0.5, 0.6) is 23.0 Å². The van der Waals surface area contributed by atoms with Gasteiger partial charge in [0.2, 0.25) is 0 Å². The number of hydrogen-bond donors (Lipinski definition) is 0. The number of rotatable bonds is 6. The number of carbonyl (C=O) groups excluding carboxylic acids is 4. The van der Waals surface area contributed by atoms with Crippen molar-refractivity contribution in [2.45, 2.75) is 76.3 Å². The number of benzene rings is 5. The lowest BCUT2D eigenvalue weighted by atomic mass is 9.80. The predicted molar refractivity (Wildman–Crippen MR) is 211 cm³/mol. The summed E-state index contributed by atoms with van der Waals surface area (Å²) < 4.78 is 13.4. The zero-order chi connectivity index (χ0) is 37.7. The van der Waals surface area contributed by atoms with Gasteiger partial charge in [0.25, 0.3) is 23.6 Å². The van der Waals surface area contributed by atoms with Gasteiger partial charge in [-0.25, -0.2) is 0 Å². The van der Waals surface area contributed by atoms with Crippen LogP contribution in [-0.2, 0) is 0 Å². The van der Waals surface area contributed by atoms with Crippen molar-refractivity contribution in [1.82, 2.24) is 19.8 Å². The van der Waals surface area contributed by atoms with Crippen molar-refractivity contribution in [3.8, 4) is 23.0 Å². The van der Waals surface area contributed by atoms with Crippen molar-refractivity contribution < 1.29 is 28.7 Å². The second-order valence-corrected chi connectivity index (χ2v) is 15.5. The minimum Gasteiger partial charge on any atom is -0.457 e. The van der Waals surface area contributed by atoms with E-state index in [1.165, 1.54) is 9.80 Å². The molecule has 0 saturated heterocycles. The Morgan fingerprint density at radius 2 is 0.804 bits per heavy atom. The highest BCUT2D eigenvalue weighted by Crippen LogP contribution is 2.53. The van der Waals surface area contributed by atoms with E-state index in [0.29, 0.717) is 88.3 Å². The van der Waals surface area contributed by atoms with Gasteiger partial charge >= 0.3 is 0 Å². The quantitative estimate of drug-likeness (QED) is 0.0939. The van der Waals surface area contributed by atoms with Crippen LogP contribution in [0.15, 0.2) is 85.5 Å². The van der Waals surface area contributed by atoms with Crippen molar-refractivity contribution in [2.24, 2.45) is 0 Å². The number of pyridine rings is 2. The van der Waals surface area contributed by atoms with E-state index in [-0.39, 0.29) is 35.7 Å². The molecule has 10 heteroatoms. The number of amides is 4. The fraction of sp³-hybridized carbons (Fsp3) is 0.261. The van der Waals surface area contributed by atoms with Gasteiger partial charge in [0, 0.05) is 80.3 Å². The molecule has 0 atom stereocenters. The Morgan fingerprint density at radius 3 is 1.20 bits per heavy atom. The maximum atomic E-state index is 14.7. The third-order valence-electron chi connectivity index (χ3n) is 12.5. The highest BCUT2D eigenvalue weighted by atomic mass is 16.5. The molecule has 2 aromatic heterocycles. The van der Waals surface area contributed by atoms with Crippen LogP contribution in [0, 0.1) is 0 Å². The zero-order valence-corrected chi connectivity index (χ0v) is 30.5. The molecule has 4 amide bonds. The molecule has 0 bridgehead atoms. The summed E-state index contributed by atoms with van der Waals surface area (Å²) in [6.45, 7) is 0. The first-order valence-corrected chi connectivity index (χ1v) is 19.7. The van der Waals surface area contributed by atoms with Crippen LogP contribution in [0.3, 0.4) is 0 Å². The highest BCUT2D eigenvalue weighted by molar-refractivity contribution is 6.43. The van der Waals surface area contributed by atoms with Crippen LogP contribution < -0.4 is 9.47 Å². The molecule has 11 rings (SSSR count). The molecule has 5 aromatic carbocycles. The summed E-state index contributed by atoms with van der Waals surface area (Å²) >= 11 is 0. The number of ether oxygens (including phenoxy) is 2. The summed E-state index contributed by atoms with van der Waals surface area (Å²) in [4.78, 5) is 69.7.